The Morgan fingerprint density at radius 3 is 2.52 bits per heavy atom. The van der Waals surface area contributed by atoms with Gasteiger partial charge in [-0.1, -0.05) is 32.1 Å². The van der Waals surface area contributed by atoms with E-state index in [0.29, 0.717) is 10.0 Å². The Labute approximate surface area is 143 Å². The summed E-state index contributed by atoms with van der Waals surface area (Å²) < 4.78 is 1.90. The van der Waals surface area contributed by atoms with Crippen LogP contribution in [0.2, 0.25) is 0 Å². The lowest BCUT2D eigenvalue weighted by molar-refractivity contribution is 0.102. The lowest BCUT2D eigenvalue weighted by Gasteiger charge is -2.14. The minimum absolute atomic E-state index is 0.0263. The molecule has 7 heteroatoms. The maximum Gasteiger partial charge on any atom is 0.269 e. The van der Waals surface area contributed by atoms with Crippen molar-refractivity contribution in [3.8, 4) is 5.13 Å². The van der Waals surface area contributed by atoms with E-state index in [2.05, 4.69) is 36.1 Å². The van der Waals surface area contributed by atoms with Gasteiger partial charge < -0.3 is 4.57 Å². The third-order valence-corrected chi connectivity index (χ3v) is 5.24. The number of aryl methyl sites for hydroxylation is 1. The zero-order valence-corrected chi connectivity index (χ0v) is 15.1. The molecule has 0 aromatic carbocycles. The van der Waals surface area contributed by atoms with E-state index in [4.69, 9.17) is 0 Å². The second-order valence-electron chi connectivity index (χ2n) is 6.24. The number of carbonyl (C=O) groups is 1. The second-order valence-corrected chi connectivity index (χ2v) is 8.08. The van der Waals surface area contributed by atoms with Gasteiger partial charge in [0.05, 0.1) is 11.4 Å². The molecule has 0 unspecified atom stereocenters. The summed E-state index contributed by atoms with van der Waals surface area (Å²) in [5.74, 6) is -0.159. The molecule has 5 nitrogen and oxygen atoms in total. The highest BCUT2D eigenvalue weighted by Gasteiger charge is 2.20. The monoisotopic (exact) mass is 346 g/mol. The largest absolute Gasteiger partial charge is 0.300 e. The first-order valence-corrected chi connectivity index (χ1v) is 8.92. The SMILES string of the molecule is Cc1nc(-n2cccc2)sc1C(=O)Nc1nc(C(C)(C)C)cs1. The first-order valence-electron chi connectivity index (χ1n) is 7.23. The van der Waals surface area contributed by atoms with E-state index in [9.17, 15) is 4.79 Å². The maximum atomic E-state index is 12.5. The molecule has 3 aromatic heterocycles. The van der Waals surface area contributed by atoms with Crippen LogP contribution in [-0.4, -0.2) is 20.4 Å². The lowest BCUT2D eigenvalue weighted by Crippen LogP contribution is -2.14. The van der Waals surface area contributed by atoms with Crippen molar-refractivity contribution in [3.63, 3.8) is 0 Å². The summed E-state index contributed by atoms with van der Waals surface area (Å²) in [6.07, 6.45) is 3.83. The molecule has 3 heterocycles. The number of nitrogens with one attached hydrogen (secondary N) is 1. The van der Waals surface area contributed by atoms with Gasteiger partial charge in [-0.2, -0.15) is 0 Å². The van der Waals surface area contributed by atoms with Crippen LogP contribution in [0.25, 0.3) is 5.13 Å². The molecule has 1 N–H and O–H groups in total. The van der Waals surface area contributed by atoms with Crippen LogP contribution in [0.1, 0.15) is 41.8 Å². The minimum Gasteiger partial charge on any atom is -0.300 e. The van der Waals surface area contributed by atoms with Gasteiger partial charge in [-0.25, -0.2) is 9.97 Å². The van der Waals surface area contributed by atoms with E-state index in [-0.39, 0.29) is 11.3 Å². The van der Waals surface area contributed by atoms with Gasteiger partial charge in [0, 0.05) is 23.2 Å². The summed E-state index contributed by atoms with van der Waals surface area (Å²) in [6.45, 7) is 8.15. The highest BCUT2D eigenvalue weighted by molar-refractivity contribution is 7.16. The molecule has 0 fully saturated rings. The first-order chi connectivity index (χ1) is 10.8. The van der Waals surface area contributed by atoms with Crippen molar-refractivity contribution in [2.75, 3.05) is 5.32 Å². The average Bonchev–Trinajstić information content (AvgIpc) is 3.15. The number of amides is 1. The van der Waals surface area contributed by atoms with Crippen molar-refractivity contribution in [3.05, 3.63) is 46.2 Å². The van der Waals surface area contributed by atoms with Crippen LogP contribution in [0.3, 0.4) is 0 Å². The summed E-state index contributed by atoms with van der Waals surface area (Å²) in [7, 11) is 0. The number of anilines is 1. The maximum absolute atomic E-state index is 12.5. The molecule has 3 aromatic rings. The number of hydrogen-bond donors (Lipinski definition) is 1. The van der Waals surface area contributed by atoms with Crippen molar-refractivity contribution < 1.29 is 4.79 Å². The van der Waals surface area contributed by atoms with Crippen molar-refractivity contribution in [2.45, 2.75) is 33.1 Å². The molecule has 0 aliphatic rings. The Morgan fingerprint density at radius 1 is 1.22 bits per heavy atom. The van der Waals surface area contributed by atoms with E-state index in [1.165, 1.54) is 22.7 Å². The fourth-order valence-corrected chi connectivity index (χ4v) is 3.86. The summed E-state index contributed by atoms with van der Waals surface area (Å²) in [5, 5.41) is 6.27. The summed E-state index contributed by atoms with van der Waals surface area (Å²) >= 11 is 2.82. The number of carbonyl (C=O) groups excluding carboxylic acids is 1. The molecular weight excluding hydrogens is 328 g/mol. The predicted molar refractivity (Wildman–Crippen MR) is 94.9 cm³/mol. The number of nitrogens with zero attached hydrogens (tertiary/aromatic N) is 3. The van der Waals surface area contributed by atoms with Crippen LogP contribution in [0.4, 0.5) is 5.13 Å². The molecule has 23 heavy (non-hydrogen) atoms. The second kappa shape index (κ2) is 5.90. The van der Waals surface area contributed by atoms with E-state index in [1.807, 2.05) is 41.4 Å². The van der Waals surface area contributed by atoms with Gasteiger partial charge in [-0.15, -0.1) is 11.3 Å². The number of aromatic nitrogens is 3. The standard InChI is InChI=1S/C16H18N4OS2/c1-10-12(23-15(17-10)20-7-5-6-8-20)13(21)19-14-18-11(9-22-14)16(2,3)4/h5-9H,1-4H3,(H,18,19,21). The van der Waals surface area contributed by atoms with Crippen molar-refractivity contribution in [1.82, 2.24) is 14.5 Å². The number of thiazole rings is 2. The van der Waals surface area contributed by atoms with E-state index >= 15 is 0 Å². The van der Waals surface area contributed by atoms with Gasteiger partial charge in [0.1, 0.15) is 4.88 Å². The third-order valence-electron chi connectivity index (χ3n) is 3.31. The molecular formula is C16H18N4OS2. The normalized spacial score (nSPS) is 11.7. The molecule has 0 radical (unpaired) electrons. The average molecular weight is 346 g/mol. The summed E-state index contributed by atoms with van der Waals surface area (Å²) in [5.41, 5.74) is 1.68. The molecule has 0 saturated heterocycles. The molecule has 0 aliphatic heterocycles. The number of rotatable bonds is 3. The zero-order chi connectivity index (χ0) is 16.6. The van der Waals surface area contributed by atoms with Gasteiger partial charge in [-0.3, -0.25) is 10.1 Å². The Morgan fingerprint density at radius 2 is 1.91 bits per heavy atom. The Balaban J connectivity index is 1.80. The number of hydrogen-bond acceptors (Lipinski definition) is 5. The zero-order valence-electron chi connectivity index (χ0n) is 13.5. The van der Waals surface area contributed by atoms with Crippen LogP contribution in [-0.2, 0) is 5.41 Å². The van der Waals surface area contributed by atoms with Gasteiger partial charge in [0.2, 0.25) is 0 Å². The van der Waals surface area contributed by atoms with E-state index in [1.54, 1.807) is 0 Å². The summed E-state index contributed by atoms with van der Waals surface area (Å²) in [6, 6.07) is 3.86. The highest BCUT2D eigenvalue weighted by atomic mass is 32.1. The van der Waals surface area contributed by atoms with Gasteiger partial charge >= 0.3 is 0 Å². The van der Waals surface area contributed by atoms with Gasteiger partial charge in [-0.05, 0) is 19.1 Å². The molecule has 0 spiro atoms. The Kier molecular flexibility index (Phi) is 4.08. The fraction of sp³-hybridized carbons (Fsp3) is 0.312. The highest BCUT2D eigenvalue weighted by Crippen LogP contribution is 2.28. The molecule has 0 saturated carbocycles. The Hall–Kier alpha value is -1.99. The lowest BCUT2D eigenvalue weighted by atomic mass is 9.93. The molecule has 0 bridgehead atoms. The molecule has 1 amide bonds. The molecule has 0 aliphatic carbocycles. The van der Waals surface area contributed by atoms with Gasteiger partial charge in [0.15, 0.2) is 10.3 Å². The quantitative estimate of drug-likeness (QED) is 0.771. The van der Waals surface area contributed by atoms with Crippen LogP contribution in [0.5, 0.6) is 0 Å². The van der Waals surface area contributed by atoms with E-state index < -0.39 is 0 Å². The molecule has 0 atom stereocenters. The Bertz CT molecular complexity index is 825. The van der Waals surface area contributed by atoms with Crippen molar-refractivity contribution >= 4 is 33.7 Å². The fourth-order valence-electron chi connectivity index (χ4n) is 1.99. The van der Waals surface area contributed by atoms with Crippen LogP contribution in [0.15, 0.2) is 29.9 Å². The van der Waals surface area contributed by atoms with E-state index in [0.717, 1.165) is 16.5 Å². The van der Waals surface area contributed by atoms with Crippen molar-refractivity contribution in [1.29, 1.82) is 0 Å². The van der Waals surface area contributed by atoms with Crippen molar-refractivity contribution in [2.24, 2.45) is 0 Å². The van der Waals surface area contributed by atoms with Crippen LogP contribution in [0, 0.1) is 6.92 Å². The van der Waals surface area contributed by atoms with Crippen LogP contribution >= 0.6 is 22.7 Å². The van der Waals surface area contributed by atoms with Crippen LogP contribution < -0.4 is 5.32 Å². The molecule has 3 rings (SSSR count). The first kappa shape index (κ1) is 15.9. The van der Waals surface area contributed by atoms with Gasteiger partial charge in [0.25, 0.3) is 5.91 Å². The smallest absolute Gasteiger partial charge is 0.269 e. The molecule has 120 valence electrons. The predicted octanol–water partition coefficient (Wildman–Crippen LogP) is 4.25. The minimum atomic E-state index is -0.159. The third kappa shape index (κ3) is 3.35. The summed E-state index contributed by atoms with van der Waals surface area (Å²) in [4.78, 5) is 22.1. The topological polar surface area (TPSA) is 59.8 Å².